The molecule has 2 aromatic rings. The Balaban J connectivity index is 1.44. The molecular formula is C22H27ClN2O6S. The predicted octanol–water partition coefficient (Wildman–Crippen LogP) is 2.71. The van der Waals surface area contributed by atoms with Gasteiger partial charge in [0.25, 0.3) is 5.91 Å². The third-order valence-electron chi connectivity index (χ3n) is 4.86. The average molecular weight is 483 g/mol. The van der Waals surface area contributed by atoms with E-state index in [1.165, 1.54) is 16.4 Å². The van der Waals surface area contributed by atoms with Crippen LogP contribution in [0.2, 0.25) is 5.02 Å². The molecule has 2 aromatic carbocycles. The summed E-state index contributed by atoms with van der Waals surface area (Å²) in [5.41, 5.74) is 0. The van der Waals surface area contributed by atoms with E-state index in [1.54, 1.807) is 36.4 Å². The maximum atomic E-state index is 12.6. The molecule has 1 N–H and O–H groups in total. The van der Waals surface area contributed by atoms with Crippen LogP contribution in [0.5, 0.6) is 11.5 Å². The standard InChI is InChI=1S/C22H27ClN2O6S/c1-2-21(31-19-5-3-17(23)4-6-19)22(26)24-11-14-30-18-7-9-20(10-8-18)32(27,28)25-12-15-29-16-13-25/h3-10,21H,2,11-16H2,1H3,(H,24,26)/t21-/m1/s1. The van der Waals surface area contributed by atoms with Gasteiger partial charge in [0, 0.05) is 18.1 Å². The lowest BCUT2D eigenvalue weighted by Crippen LogP contribution is -2.40. The lowest BCUT2D eigenvalue weighted by molar-refractivity contribution is -0.128. The molecule has 1 aliphatic rings. The first kappa shape index (κ1) is 24.3. The fourth-order valence-electron chi connectivity index (χ4n) is 3.10. The number of carbonyl (C=O) groups excluding carboxylic acids is 1. The number of sulfonamides is 1. The van der Waals surface area contributed by atoms with Gasteiger partial charge < -0.3 is 19.5 Å². The van der Waals surface area contributed by atoms with E-state index in [1.807, 2.05) is 6.92 Å². The molecule has 3 rings (SSSR count). The van der Waals surface area contributed by atoms with Gasteiger partial charge in [-0.2, -0.15) is 4.31 Å². The number of nitrogens with one attached hydrogen (secondary N) is 1. The van der Waals surface area contributed by atoms with E-state index in [9.17, 15) is 13.2 Å². The largest absolute Gasteiger partial charge is 0.492 e. The lowest BCUT2D eigenvalue weighted by atomic mass is 10.2. The molecule has 32 heavy (non-hydrogen) atoms. The maximum Gasteiger partial charge on any atom is 0.261 e. The zero-order valence-corrected chi connectivity index (χ0v) is 19.4. The topological polar surface area (TPSA) is 94.2 Å². The first-order valence-electron chi connectivity index (χ1n) is 10.4. The van der Waals surface area contributed by atoms with E-state index in [4.69, 9.17) is 25.8 Å². The van der Waals surface area contributed by atoms with Crippen molar-refractivity contribution in [3.8, 4) is 11.5 Å². The molecule has 1 fully saturated rings. The summed E-state index contributed by atoms with van der Waals surface area (Å²) in [5.74, 6) is 0.849. The normalized spacial score (nSPS) is 15.7. The fourth-order valence-corrected chi connectivity index (χ4v) is 4.63. The van der Waals surface area contributed by atoms with Crippen molar-refractivity contribution in [2.24, 2.45) is 0 Å². The highest BCUT2D eigenvalue weighted by Gasteiger charge is 2.26. The van der Waals surface area contributed by atoms with Crippen molar-refractivity contribution in [1.82, 2.24) is 9.62 Å². The number of benzene rings is 2. The molecule has 0 unspecified atom stereocenters. The van der Waals surface area contributed by atoms with Crippen molar-refractivity contribution in [2.75, 3.05) is 39.5 Å². The molecule has 1 atom stereocenters. The number of rotatable bonds is 10. The molecule has 0 radical (unpaired) electrons. The molecule has 0 aliphatic carbocycles. The second kappa shape index (κ2) is 11.5. The Morgan fingerprint density at radius 2 is 1.72 bits per heavy atom. The van der Waals surface area contributed by atoms with Crippen molar-refractivity contribution in [3.63, 3.8) is 0 Å². The molecule has 0 spiro atoms. The number of carbonyl (C=O) groups is 1. The van der Waals surface area contributed by atoms with Gasteiger partial charge in [0.05, 0.1) is 24.7 Å². The number of hydrogen-bond acceptors (Lipinski definition) is 6. The van der Waals surface area contributed by atoms with Gasteiger partial charge in [0.15, 0.2) is 6.10 Å². The Kier molecular flexibility index (Phi) is 8.75. The molecule has 1 amide bonds. The van der Waals surface area contributed by atoms with Gasteiger partial charge in [0.2, 0.25) is 10.0 Å². The molecule has 174 valence electrons. The molecule has 0 aromatic heterocycles. The smallest absolute Gasteiger partial charge is 0.261 e. The minimum Gasteiger partial charge on any atom is -0.492 e. The molecule has 8 nitrogen and oxygen atoms in total. The molecular weight excluding hydrogens is 456 g/mol. The second-order valence-electron chi connectivity index (χ2n) is 7.10. The molecule has 1 heterocycles. The highest BCUT2D eigenvalue weighted by atomic mass is 35.5. The van der Waals surface area contributed by atoms with Gasteiger partial charge in [0.1, 0.15) is 18.1 Å². The summed E-state index contributed by atoms with van der Waals surface area (Å²) in [6.45, 7) is 3.88. The van der Waals surface area contributed by atoms with E-state index < -0.39 is 16.1 Å². The average Bonchev–Trinajstić information content (AvgIpc) is 2.82. The molecule has 10 heteroatoms. The third kappa shape index (κ3) is 6.59. The van der Waals surface area contributed by atoms with E-state index in [2.05, 4.69) is 5.32 Å². The van der Waals surface area contributed by atoms with Crippen LogP contribution in [0.3, 0.4) is 0 Å². The van der Waals surface area contributed by atoms with Gasteiger partial charge >= 0.3 is 0 Å². The SMILES string of the molecule is CC[C@@H](Oc1ccc(Cl)cc1)C(=O)NCCOc1ccc(S(=O)(=O)N2CCOCC2)cc1. The predicted molar refractivity (Wildman–Crippen MR) is 121 cm³/mol. The summed E-state index contributed by atoms with van der Waals surface area (Å²) in [4.78, 5) is 12.6. The minimum atomic E-state index is -3.54. The molecule has 0 saturated carbocycles. The van der Waals surface area contributed by atoms with Crippen molar-refractivity contribution >= 4 is 27.5 Å². The Morgan fingerprint density at radius 1 is 1.09 bits per heavy atom. The third-order valence-corrected chi connectivity index (χ3v) is 7.02. The first-order valence-corrected chi connectivity index (χ1v) is 12.2. The van der Waals surface area contributed by atoms with Crippen LogP contribution in [-0.2, 0) is 19.6 Å². The van der Waals surface area contributed by atoms with Crippen LogP contribution in [0.1, 0.15) is 13.3 Å². The second-order valence-corrected chi connectivity index (χ2v) is 9.47. The van der Waals surface area contributed by atoms with Crippen molar-refractivity contribution in [1.29, 1.82) is 0 Å². The highest BCUT2D eigenvalue weighted by Crippen LogP contribution is 2.21. The Bertz CT molecular complexity index is 976. The minimum absolute atomic E-state index is 0.213. The van der Waals surface area contributed by atoms with Crippen LogP contribution in [-0.4, -0.2) is 64.2 Å². The first-order chi connectivity index (χ1) is 15.4. The quantitative estimate of drug-likeness (QED) is 0.523. The Morgan fingerprint density at radius 3 is 2.34 bits per heavy atom. The number of amides is 1. The number of ether oxygens (including phenoxy) is 3. The van der Waals surface area contributed by atoms with Gasteiger partial charge in [-0.1, -0.05) is 18.5 Å². The zero-order chi connectivity index (χ0) is 23.0. The van der Waals surface area contributed by atoms with E-state index in [-0.39, 0.29) is 24.0 Å². The Labute approximate surface area is 193 Å². The van der Waals surface area contributed by atoms with Crippen LogP contribution < -0.4 is 14.8 Å². The number of morpholine rings is 1. The molecule has 1 aliphatic heterocycles. The zero-order valence-electron chi connectivity index (χ0n) is 17.8. The fraction of sp³-hybridized carbons (Fsp3) is 0.409. The highest BCUT2D eigenvalue weighted by molar-refractivity contribution is 7.89. The van der Waals surface area contributed by atoms with Crippen LogP contribution in [0.15, 0.2) is 53.4 Å². The summed E-state index contributed by atoms with van der Waals surface area (Å²) >= 11 is 5.86. The number of halogens is 1. The Hall–Kier alpha value is -2.33. The van der Waals surface area contributed by atoms with E-state index in [0.29, 0.717) is 49.2 Å². The maximum absolute atomic E-state index is 12.6. The van der Waals surface area contributed by atoms with E-state index in [0.717, 1.165) is 0 Å². The molecule has 0 bridgehead atoms. The summed E-state index contributed by atoms with van der Waals surface area (Å²) in [5, 5.41) is 3.38. The summed E-state index contributed by atoms with van der Waals surface area (Å²) in [7, 11) is -3.54. The summed E-state index contributed by atoms with van der Waals surface area (Å²) in [6.07, 6.45) is -0.116. The van der Waals surface area contributed by atoms with Crippen molar-refractivity contribution in [3.05, 3.63) is 53.6 Å². The van der Waals surface area contributed by atoms with E-state index >= 15 is 0 Å². The van der Waals surface area contributed by atoms with Crippen LogP contribution >= 0.6 is 11.6 Å². The molecule has 1 saturated heterocycles. The monoisotopic (exact) mass is 482 g/mol. The van der Waals surface area contributed by atoms with Gasteiger partial charge in [-0.3, -0.25) is 4.79 Å². The number of hydrogen-bond donors (Lipinski definition) is 1. The van der Waals surface area contributed by atoms with Gasteiger partial charge in [-0.05, 0) is 55.0 Å². The summed E-state index contributed by atoms with van der Waals surface area (Å²) < 4.78 is 43.2. The van der Waals surface area contributed by atoms with Crippen LogP contribution in [0, 0.1) is 0 Å². The van der Waals surface area contributed by atoms with Crippen LogP contribution in [0.4, 0.5) is 0 Å². The van der Waals surface area contributed by atoms with Crippen LogP contribution in [0.25, 0.3) is 0 Å². The number of nitrogens with zero attached hydrogens (tertiary/aromatic N) is 1. The summed E-state index contributed by atoms with van der Waals surface area (Å²) in [6, 6.07) is 13.1. The van der Waals surface area contributed by atoms with Gasteiger partial charge in [-0.25, -0.2) is 8.42 Å². The van der Waals surface area contributed by atoms with Crippen molar-refractivity contribution in [2.45, 2.75) is 24.3 Å². The van der Waals surface area contributed by atoms with Gasteiger partial charge in [-0.15, -0.1) is 0 Å². The lowest BCUT2D eigenvalue weighted by Gasteiger charge is -2.26. The van der Waals surface area contributed by atoms with Crippen molar-refractivity contribution < 1.29 is 27.4 Å².